The Morgan fingerprint density at radius 2 is 1.56 bits per heavy atom. The second-order valence-electron chi connectivity index (χ2n) is 3.86. The Hall–Kier alpha value is -1.46. The molecule has 1 fully saturated rings. The lowest BCUT2D eigenvalue weighted by molar-refractivity contribution is -0.0531. The largest absolute Gasteiger partial charge is 0.496 e. The van der Waals surface area contributed by atoms with Crippen LogP contribution in [0.25, 0.3) is 0 Å². The molecule has 5 heteroatoms. The third-order valence-electron chi connectivity index (χ3n) is 2.64. The molecule has 1 aromatic rings. The van der Waals surface area contributed by atoms with Crippen LogP contribution in [0.15, 0.2) is 18.2 Å². The van der Waals surface area contributed by atoms with E-state index in [1.807, 2.05) is 12.1 Å². The molecule has 0 aromatic heterocycles. The molecule has 0 amide bonds. The standard InChI is InChI=1S/C13H18O5/c1-14-10-7-11(15-2)9-12(8-10)16-4-3-13-17-5-6-18-13/h7-9,13H,3-6H2,1-2H3. The number of rotatable bonds is 6. The van der Waals surface area contributed by atoms with E-state index < -0.39 is 0 Å². The van der Waals surface area contributed by atoms with Gasteiger partial charge in [0.2, 0.25) is 0 Å². The van der Waals surface area contributed by atoms with Gasteiger partial charge in [0, 0.05) is 24.6 Å². The Morgan fingerprint density at radius 3 is 2.11 bits per heavy atom. The van der Waals surface area contributed by atoms with Gasteiger partial charge in [-0.2, -0.15) is 0 Å². The summed E-state index contributed by atoms with van der Waals surface area (Å²) in [7, 11) is 3.22. The summed E-state index contributed by atoms with van der Waals surface area (Å²) in [5, 5.41) is 0. The average Bonchev–Trinajstić information content (AvgIpc) is 2.91. The smallest absolute Gasteiger partial charge is 0.161 e. The Labute approximate surface area is 107 Å². The molecule has 0 bridgehead atoms. The van der Waals surface area contributed by atoms with Crippen LogP contribution < -0.4 is 14.2 Å². The third-order valence-corrected chi connectivity index (χ3v) is 2.64. The molecule has 1 saturated heterocycles. The maximum Gasteiger partial charge on any atom is 0.161 e. The first-order valence-corrected chi connectivity index (χ1v) is 5.91. The van der Waals surface area contributed by atoms with Crippen LogP contribution in [0.2, 0.25) is 0 Å². The molecule has 1 aliphatic heterocycles. The monoisotopic (exact) mass is 254 g/mol. The lowest BCUT2D eigenvalue weighted by Crippen LogP contribution is -2.12. The zero-order valence-corrected chi connectivity index (χ0v) is 10.7. The van der Waals surface area contributed by atoms with Gasteiger partial charge in [0.1, 0.15) is 17.2 Å². The Bertz CT molecular complexity index is 351. The van der Waals surface area contributed by atoms with E-state index in [0.29, 0.717) is 43.5 Å². The SMILES string of the molecule is COc1cc(OC)cc(OCCC2OCCO2)c1. The summed E-state index contributed by atoms with van der Waals surface area (Å²) in [5.41, 5.74) is 0. The minimum Gasteiger partial charge on any atom is -0.496 e. The van der Waals surface area contributed by atoms with Gasteiger partial charge in [-0.05, 0) is 0 Å². The molecule has 0 atom stereocenters. The zero-order valence-electron chi connectivity index (χ0n) is 10.7. The van der Waals surface area contributed by atoms with Gasteiger partial charge in [0.25, 0.3) is 0 Å². The van der Waals surface area contributed by atoms with E-state index in [2.05, 4.69) is 0 Å². The van der Waals surface area contributed by atoms with Crippen LogP contribution in [0.4, 0.5) is 0 Å². The van der Waals surface area contributed by atoms with E-state index in [0.717, 1.165) is 0 Å². The van der Waals surface area contributed by atoms with Gasteiger partial charge in [-0.1, -0.05) is 0 Å². The van der Waals surface area contributed by atoms with E-state index in [9.17, 15) is 0 Å². The van der Waals surface area contributed by atoms with Gasteiger partial charge in [0.05, 0.1) is 34.0 Å². The van der Waals surface area contributed by atoms with Crippen LogP contribution in [-0.4, -0.2) is 40.3 Å². The normalized spacial score (nSPS) is 15.7. The van der Waals surface area contributed by atoms with Crippen molar-refractivity contribution in [2.24, 2.45) is 0 Å². The number of benzene rings is 1. The molecule has 18 heavy (non-hydrogen) atoms. The first-order valence-electron chi connectivity index (χ1n) is 5.91. The van der Waals surface area contributed by atoms with Crippen LogP contribution in [0.5, 0.6) is 17.2 Å². The number of methoxy groups -OCH3 is 2. The summed E-state index contributed by atoms with van der Waals surface area (Å²) in [6.07, 6.45) is 0.567. The molecule has 0 unspecified atom stereocenters. The number of hydrogen-bond donors (Lipinski definition) is 0. The molecule has 100 valence electrons. The van der Waals surface area contributed by atoms with Gasteiger partial charge < -0.3 is 23.7 Å². The van der Waals surface area contributed by atoms with E-state index in [1.165, 1.54) is 0 Å². The summed E-state index contributed by atoms with van der Waals surface area (Å²) in [4.78, 5) is 0. The molecule has 5 nitrogen and oxygen atoms in total. The Kier molecular flexibility index (Phi) is 4.66. The summed E-state index contributed by atoms with van der Waals surface area (Å²) in [6, 6.07) is 5.44. The van der Waals surface area contributed by atoms with Crippen molar-refractivity contribution in [3.63, 3.8) is 0 Å². The van der Waals surface area contributed by atoms with Gasteiger partial charge in [-0.15, -0.1) is 0 Å². The number of hydrogen-bond acceptors (Lipinski definition) is 5. The van der Waals surface area contributed by atoms with E-state index in [1.54, 1.807) is 20.3 Å². The van der Waals surface area contributed by atoms with Crippen LogP contribution >= 0.6 is 0 Å². The molecule has 0 radical (unpaired) electrons. The second-order valence-corrected chi connectivity index (χ2v) is 3.86. The quantitative estimate of drug-likeness (QED) is 0.775. The highest BCUT2D eigenvalue weighted by Crippen LogP contribution is 2.27. The fraction of sp³-hybridized carbons (Fsp3) is 0.538. The van der Waals surface area contributed by atoms with Crippen molar-refractivity contribution in [2.75, 3.05) is 34.0 Å². The molecule has 1 heterocycles. The first kappa shape index (κ1) is 13.0. The third kappa shape index (κ3) is 3.51. The minimum atomic E-state index is -0.141. The number of ether oxygens (including phenoxy) is 5. The predicted octanol–water partition coefficient (Wildman–Crippen LogP) is 1.85. The van der Waals surface area contributed by atoms with Crippen molar-refractivity contribution in [3.8, 4) is 17.2 Å². The topological polar surface area (TPSA) is 46.2 Å². The van der Waals surface area contributed by atoms with Crippen molar-refractivity contribution in [1.82, 2.24) is 0 Å². The second kappa shape index (κ2) is 6.47. The highest BCUT2D eigenvalue weighted by molar-refractivity contribution is 5.41. The van der Waals surface area contributed by atoms with Crippen LogP contribution in [0.1, 0.15) is 6.42 Å². The Balaban J connectivity index is 1.87. The summed E-state index contributed by atoms with van der Waals surface area (Å²) in [5.74, 6) is 2.12. The van der Waals surface area contributed by atoms with Crippen molar-refractivity contribution >= 4 is 0 Å². The molecule has 1 aromatic carbocycles. The lowest BCUT2D eigenvalue weighted by Gasteiger charge is -2.12. The van der Waals surface area contributed by atoms with E-state index in [4.69, 9.17) is 23.7 Å². The van der Waals surface area contributed by atoms with Gasteiger partial charge in [0.15, 0.2) is 6.29 Å². The fourth-order valence-corrected chi connectivity index (χ4v) is 1.71. The first-order chi connectivity index (χ1) is 8.81. The van der Waals surface area contributed by atoms with Crippen LogP contribution in [0, 0.1) is 0 Å². The zero-order chi connectivity index (χ0) is 12.8. The molecule has 0 aliphatic carbocycles. The average molecular weight is 254 g/mol. The highest BCUT2D eigenvalue weighted by atomic mass is 16.7. The van der Waals surface area contributed by atoms with Crippen LogP contribution in [-0.2, 0) is 9.47 Å². The maximum atomic E-state index is 5.63. The predicted molar refractivity (Wildman–Crippen MR) is 65.4 cm³/mol. The van der Waals surface area contributed by atoms with Crippen LogP contribution in [0.3, 0.4) is 0 Å². The van der Waals surface area contributed by atoms with E-state index in [-0.39, 0.29) is 6.29 Å². The lowest BCUT2D eigenvalue weighted by atomic mass is 10.3. The van der Waals surface area contributed by atoms with Crippen molar-refractivity contribution in [1.29, 1.82) is 0 Å². The maximum absolute atomic E-state index is 5.63. The molecule has 2 rings (SSSR count). The molecule has 0 N–H and O–H groups in total. The summed E-state index contributed by atoms with van der Waals surface area (Å²) < 4.78 is 26.6. The van der Waals surface area contributed by atoms with Crippen molar-refractivity contribution in [3.05, 3.63) is 18.2 Å². The minimum absolute atomic E-state index is 0.141. The van der Waals surface area contributed by atoms with Crippen molar-refractivity contribution in [2.45, 2.75) is 12.7 Å². The van der Waals surface area contributed by atoms with Gasteiger partial charge >= 0.3 is 0 Å². The van der Waals surface area contributed by atoms with E-state index >= 15 is 0 Å². The molecule has 0 saturated carbocycles. The van der Waals surface area contributed by atoms with Gasteiger partial charge in [-0.3, -0.25) is 0 Å². The fourth-order valence-electron chi connectivity index (χ4n) is 1.71. The Morgan fingerprint density at radius 1 is 1.00 bits per heavy atom. The molecular weight excluding hydrogens is 236 g/mol. The van der Waals surface area contributed by atoms with Crippen molar-refractivity contribution < 1.29 is 23.7 Å². The molecule has 1 aliphatic rings. The van der Waals surface area contributed by atoms with Gasteiger partial charge in [-0.25, -0.2) is 0 Å². The molecule has 0 spiro atoms. The summed E-state index contributed by atoms with van der Waals surface area (Å²) in [6.45, 7) is 1.86. The highest BCUT2D eigenvalue weighted by Gasteiger charge is 2.15. The summed E-state index contributed by atoms with van der Waals surface area (Å²) >= 11 is 0. The molecular formula is C13H18O5.